The van der Waals surface area contributed by atoms with Crippen molar-refractivity contribution in [3.8, 4) is 6.07 Å². The van der Waals surface area contributed by atoms with Crippen LogP contribution in [0.4, 0.5) is 0 Å². The van der Waals surface area contributed by atoms with Gasteiger partial charge in [-0.1, -0.05) is 0 Å². The van der Waals surface area contributed by atoms with E-state index in [2.05, 4.69) is 15.5 Å². The topological polar surface area (TPSA) is 108 Å². The van der Waals surface area contributed by atoms with E-state index in [1.165, 1.54) is 12.3 Å². The average Bonchev–Trinajstić information content (AvgIpc) is 2.83. The second-order valence-corrected chi connectivity index (χ2v) is 4.22. The quantitative estimate of drug-likeness (QED) is 0.474. The Bertz CT molecular complexity index is 566. The van der Waals surface area contributed by atoms with Gasteiger partial charge in [0.1, 0.15) is 17.2 Å². The van der Waals surface area contributed by atoms with Crippen LogP contribution in [-0.4, -0.2) is 34.7 Å². The Hall–Kier alpha value is -2.62. The van der Waals surface area contributed by atoms with E-state index in [1.807, 2.05) is 0 Å². The smallest absolute Gasteiger partial charge is 0.341 e. The van der Waals surface area contributed by atoms with Crippen molar-refractivity contribution < 1.29 is 14.3 Å². The normalized spacial score (nSPS) is 11.1. The number of carbonyl (C=O) groups excluding carboxylic acids is 2. The van der Waals surface area contributed by atoms with E-state index in [-0.39, 0.29) is 29.5 Å². The minimum Gasteiger partial charge on any atom is -0.462 e. The number of aromatic amines is 1. The maximum Gasteiger partial charge on any atom is 0.341 e. The number of hydrogen-bond acceptors (Lipinski definition) is 5. The summed E-state index contributed by atoms with van der Waals surface area (Å²) in [6.07, 6.45) is 2.57. The number of nitriles is 1. The van der Waals surface area contributed by atoms with Crippen molar-refractivity contribution in [2.45, 2.75) is 26.8 Å². The zero-order valence-electron chi connectivity index (χ0n) is 11.6. The summed E-state index contributed by atoms with van der Waals surface area (Å²) in [5.74, 6) is -1.07. The summed E-state index contributed by atoms with van der Waals surface area (Å²) in [6, 6.07) is 1.70. The first-order chi connectivity index (χ1) is 9.49. The van der Waals surface area contributed by atoms with E-state index in [4.69, 9.17) is 10.00 Å². The standard InChI is InChI=1S/C13H16N4O3/c1-4-20-13(19)10-7-15-17-11(10)5-9(6-14)12(18)16-8(2)3/h5,7-8H,4H2,1-3H3,(H,15,17)(H,16,18)/b9-5-. The number of nitrogens with zero attached hydrogens (tertiary/aromatic N) is 2. The van der Waals surface area contributed by atoms with Crippen LogP contribution in [0.3, 0.4) is 0 Å². The van der Waals surface area contributed by atoms with Gasteiger partial charge in [-0.25, -0.2) is 4.79 Å². The number of amides is 1. The number of carbonyl (C=O) groups is 2. The molecular weight excluding hydrogens is 260 g/mol. The van der Waals surface area contributed by atoms with Gasteiger partial charge in [0.05, 0.1) is 18.5 Å². The molecule has 1 aromatic heterocycles. The average molecular weight is 276 g/mol. The first-order valence-corrected chi connectivity index (χ1v) is 6.12. The molecule has 0 radical (unpaired) electrons. The van der Waals surface area contributed by atoms with Gasteiger partial charge in [-0.3, -0.25) is 9.89 Å². The molecule has 1 heterocycles. The Morgan fingerprint density at radius 3 is 2.85 bits per heavy atom. The highest BCUT2D eigenvalue weighted by molar-refractivity contribution is 6.03. The molecule has 0 fully saturated rings. The first kappa shape index (κ1) is 15.4. The summed E-state index contributed by atoms with van der Waals surface area (Å²) in [5, 5.41) is 17.9. The van der Waals surface area contributed by atoms with Crippen molar-refractivity contribution in [2.24, 2.45) is 0 Å². The number of ether oxygens (including phenoxy) is 1. The van der Waals surface area contributed by atoms with Gasteiger partial charge in [-0.2, -0.15) is 10.4 Å². The molecule has 0 atom stereocenters. The molecule has 0 aromatic carbocycles. The van der Waals surface area contributed by atoms with Gasteiger partial charge in [0.2, 0.25) is 0 Å². The lowest BCUT2D eigenvalue weighted by molar-refractivity contribution is -0.117. The minimum atomic E-state index is -0.561. The molecule has 1 rings (SSSR count). The predicted octanol–water partition coefficient (Wildman–Crippen LogP) is 1.02. The highest BCUT2D eigenvalue weighted by Gasteiger charge is 2.16. The zero-order chi connectivity index (χ0) is 15.1. The van der Waals surface area contributed by atoms with Crippen LogP contribution in [0.25, 0.3) is 6.08 Å². The summed E-state index contributed by atoms with van der Waals surface area (Å²) in [5.41, 5.74) is 0.323. The van der Waals surface area contributed by atoms with Gasteiger partial charge in [-0.15, -0.1) is 0 Å². The highest BCUT2D eigenvalue weighted by atomic mass is 16.5. The van der Waals surface area contributed by atoms with Crippen LogP contribution in [-0.2, 0) is 9.53 Å². The Kier molecular flexibility index (Phi) is 5.47. The Morgan fingerprint density at radius 2 is 2.30 bits per heavy atom. The number of rotatable bonds is 5. The minimum absolute atomic E-state index is 0.0921. The van der Waals surface area contributed by atoms with E-state index in [9.17, 15) is 9.59 Å². The molecule has 0 saturated carbocycles. The second kappa shape index (κ2) is 7.09. The SMILES string of the molecule is CCOC(=O)c1cn[nH]c1/C=C(/C#N)C(=O)NC(C)C. The van der Waals surface area contributed by atoms with E-state index >= 15 is 0 Å². The van der Waals surface area contributed by atoms with Crippen molar-refractivity contribution in [3.63, 3.8) is 0 Å². The summed E-state index contributed by atoms with van der Waals surface area (Å²) in [7, 11) is 0. The lowest BCUT2D eigenvalue weighted by Gasteiger charge is -2.06. The maximum atomic E-state index is 11.8. The molecule has 0 bridgehead atoms. The third-order valence-corrected chi connectivity index (χ3v) is 2.24. The van der Waals surface area contributed by atoms with Gasteiger partial charge in [0.25, 0.3) is 5.91 Å². The van der Waals surface area contributed by atoms with Gasteiger partial charge < -0.3 is 10.1 Å². The fraction of sp³-hybridized carbons (Fsp3) is 0.385. The largest absolute Gasteiger partial charge is 0.462 e. The number of hydrogen-bond donors (Lipinski definition) is 2. The molecule has 0 saturated heterocycles. The van der Waals surface area contributed by atoms with Crippen molar-refractivity contribution in [2.75, 3.05) is 6.61 Å². The molecule has 1 amide bonds. The van der Waals surface area contributed by atoms with Crippen LogP contribution in [0.15, 0.2) is 11.8 Å². The summed E-state index contributed by atoms with van der Waals surface area (Å²) in [4.78, 5) is 23.4. The van der Waals surface area contributed by atoms with Gasteiger partial charge in [0, 0.05) is 6.04 Å². The van der Waals surface area contributed by atoms with Crippen molar-refractivity contribution in [3.05, 3.63) is 23.0 Å². The molecular formula is C13H16N4O3. The summed E-state index contributed by atoms with van der Waals surface area (Å²) < 4.78 is 4.86. The second-order valence-electron chi connectivity index (χ2n) is 4.22. The van der Waals surface area contributed by atoms with Crippen LogP contribution in [0.2, 0.25) is 0 Å². The van der Waals surface area contributed by atoms with Crippen molar-refractivity contribution in [1.29, 1.82) is 5.26 Å². The number of esters is 1. The Balaban J connectivity index is 3.03. The molecule has 0 unspecified atom stereocenters. The Morgan fingerprint density at radius 1 is 1.60 bits per heavy atom. The van der Waals surface area contributed by atoms with E-state index < -0.39 is 11.9 Å². The molecule has 2 N–H and O–H groups in total. The predicted molar refractivity (Wildman–Crippen MR) is 71.4 cm³/mol. The van der Waals surface area contributed by atoms with E-state index in [1.54, 1.807) is 26.8 Å². The molecule has 0 aliphatic heterocycles. The van der Waals surface area contributed by atoms with Crippen LogP contribution < -0.4 is 5.32 Å². The van der Waals surface area contributed by atoms with Crippen LogP contribution in [0, 0.1) is 11.3 Å². The molecule has 0 aliphatic carbocycles. The number of nitrogens with one attached hydrogen (secondary N) is 2. The van der Waals surface area contributed by atoms with Crippen molar-refractivity contribution >= 4 is 18.0 Å². The molecule has 1 aromatic rings. The van der Waals surface area contributed by atoms with E-state index in [0.717, 1.165) is 0 Å². The summed E-state index contributed by atoms with van der Waals surface area (Å²) in [6.45, 7) is 5.48. The van der Waals surface area contributed by atoms with E-state index in [0.29, 0.717) is 0 Å². The molecule has 0 spiro atoms. The summed E-state index contributed by atoms with van der Waals surface area (Å²) >= 11 is 0. The number of H-pyrrole nitrogens is 1. The molecule has 0 aliphatic rings. The number of aromatic nitrogens is 2. The fourth-order valence-corrected chi connectivity index (χ4v) is 1.41. The van der Waals surface area contributed by atoms with Crippen LogP contribution in [0.1, 0.15) is 36.8 Å². The molecule has 20 heavy (non-hydrogen) atoms. The third-order valence-electron chi connectivity index (χ3n) is 2.24. The van der Waals surface area contributed by atoms with Crippen LogP contribution >= 0.6 is 0 Å². The fourth-order valence-electron chi connectivity index (χ4n) is 1.41. The highest BCUT2D eigenvalue weighted by Crippen LogP contribution is 2.11. The molecule has 7 heteroatoms. The third kappa shape index (κ3) is 3.95. The van der Waals surface area contributed by atoms with Gasteiger partial charge in [-0.05, 0) is 26.8 Å². The van der Waals surface area contributed by atoms with Crippen LogP contribution in [0.5, 0.6) is 0 Å². The molecule has 106 valence electrons. The Labute approximate surface area is 116 Å². The zero-order valence-corrected chi connectivity index (χ0v) is 11.6. The first-order valence-electron chi connectivity index (χ1n) is 6.12. The van der Waals surface area contributed by atoms with Crippen molar-refractivity contribution in [1.82, 2.24) is 15.5 Å². The van der Waals surface area contributed by atoms with Gasteiger partial charge >= 0.3 is 5.97 Å². The molecule has 7 nitrogen and oxygen atoms in total. The van der Waals surface area contributed by atoms with Gasteiger partial charge in [0.15, 0.2) is 0 Å². The lowest BCUT2D eigenvalue weighted by Crippen LogP contribution is -2.31. The maximum absolute atomic E-state index is 11.8. The lowest BCUT2D eigenvalue weighted by atomic mass is 10.1. The monoisotopic (exact) mass is 276 g/mol.